The van der Waals surface area contributed by atoms with Crippen LogP contribution in [0.4, 0.5) is 0 Å². The first kappa shape index (κ1) is 47.5. The van der Waals surface area contributed by atoms with E-state index in [2.05, 4.69) is 123 Å². The Morgan fingerprint density at radius 2 is 0.783 bits per heavy atom. The average molecular weight is 909 g/mol. The van der Waals surface area contributed by atoms with Gasteiger partial charge in [-0.2, -0.15) is 0 Å². The van der Waals surface area contributed by atoms with Crippen LogP contribution in [0.25, 0.3) is 66.1 Å². The highest BCUT2D eigenvalue weighted by Gasteiger charge is 2.24. The van der Waals surface area contributed by atoms with E-state index in [4.69, 9.17) is 9.47 Å². The van der Waals surface area contributed by atoms with Crippen LogP contribution in [0, 0.1) is 27.7 Å². The molecule has 6 heteroatoms. The number of ether oxygens (including phenoxy) is 2. The lowest BCUT2D eigenvalue weighted by Crippen LogP contribution is -2.26. The van der Waals surface area contributed by atoms with Gasteiger partial charge in [0.15, 0.2) is 0 Å². The third kappa shape index (κ3) is 9.11. The van der Waals surface area contributed by atoms with Gasteiger partial charge in [-0.15, -0.1) is 0 Å². The Morgan fingerprint density at radius 1 is 0.420 bits per heavy atom. The Bertz CT molecular complexity index is 3320. The summed E-state index contributed by atoms with van der Waals surface area (Å²) >= 11 is 0. The Balaban J connectivity index is 0.00000642. The molecule has 0 spiro atoms. The van der Waals surface area contributed by atoms with Crippen LogP contribution in [0.1, 0.15) is 87.5 Å². The van der Waals surface area contributed by atoms with Crippen molar-refractivity contribution in [3.8, 4) is 56.0 Å². The molecular formula is C63H60N2O4. The van der Waals surface area contributed by atoms with Crippen LogP contribution in [-0.2, 0) is 0 Å². The first-order valence-corrected chi connectivity index (χ1v) is 23.2. The van der Waals surface area contributed by atoms with Crippen LogP contribution in [0.2, 0.25) is 0 Å². The normalized spacial score (nSPS) is 11.9. The van der Waals surface area contributed by atoms with Gasteiger partial charge in [0.1, 0.15) is 11.5 Å². The molecule has 0 radical (unpaired) electrons. The number of carbonyl (C=O) groups excluding carboxylic acids is 2. The van der Waals surface area contributed by atoms with E-state index in [1.54, 1.807) is 26.4 Å². The van der Waals surface area contributed by atoms with Gasteiger partial charge in [0, 0.05) is 11.1 Å². The van der Waals surface area contributed by atoms with E-state index in [9.17, 15) is 9.59 Å². The molecule has 0 aliphatic carbocycles. The monoisotopic (exact) mass is 908 g/mol. The SMILES string of the molecule is C.COc1cc(C(=O)NC(C)c2ccccc2)cc(OC)c1-c1cccc2cccc(-c3ccc(-c4cccc5cccc(-c6c(C)cc(C(=O)NC(C)c7ccccc7)cc6C)c45)c(C)c3C)c12. The maximum atomic E-state index is 13.7. The molecule has 0 aliphatic heterocycles. The number of rotatable bonds is 12. The Hall–Kier alpha value is -7.96. The molecule has 0 aromatic heterocycles. The fourth-order valence-corrected chi connectivity index (χ4v) is 9.99. The predicted octanol–water partition coefficient (Wildman–Crippen LogP) is 15.5. The van der Waals surface area contributed by atoms with Gasteiger partial charge >= 0.3 is 0 Å². The summed E-state index contributed by atoms with van der Waals surface area (Å²) in [5.74, 6) is 0.775. The molecule has 0 heterocycles. The number of aryl methyl sites for hydroxylation is 2. The van der Waals surface area contributed by atoms with Gasteiger partial charge in [-0.1, -0.05) is 153 Å². The van der Waals surface area contributed by atoms with E-state index in [1.807, 2.05) is 86.6 Å². The number of methoxy groups -OCH3 is 2. The highest BCUT2D eigenvalue weighted by Crippen LogP contribution is 2.47. The zero-order valence-electron chi connectivity index (χ0n) is 40.0. The summed E-state index contributed by atoms with van der Waals surface area (Å²) in [5, 5.41) is 10.8. The smallest absolute Gasteiger partial charge is 0.252 e. The van der Waals surface area contributed by atoms with Crippen LogP contribution in [0.15, 0.2) is 170 Å². The maximum Gasteiger partial charge on any atom is 0.252 e. The van der Waals surface area contributed by atoms with Crippen molar-refractivity contribution in [3.63, 3.8) is 0 Å². The van der Waals surface area contributed by atoms with Crippen molar-refractivity contribution in [2.75, 3.05) is 14.2 Å². The van der Waals surface area contributed by atoms with Gasteiger partial charge in [0.2, 0.25) is 0 Å². The molecule has 346 valence electrons. The molecule has 2 amide bonds. The van der Waals surface area contributed by atoms with Gasteiger partial charge in [0.25, 0.3) is 11.8 Å². The molecule has 0 saturated heterocycles. The summed E-state index contributed by atoms with van der Waals surface area (Å²) in [7, 11) is 3.27. The molecule has 0 aliphatic rings. The van der Waals surface area contributed by atoms with Crippen molar-refractivity contribution in [1.29, 1.82) is 0 Å². The zero-order chi connectivity index (χ0) is 47.6. The Kier molecular flexibility index (Phi) is 13.8. The van der Waals surface area contributed by atoms with Crippen molar-refractivity contribution in [3.05, 3.63) is 214 Å². The van der Waals surface area contributed by atoms with E-state index >= 15 is 0 Å². The molecule has 2 N–H and O–H groups in total. The molecule has 2 atom stereocenters. The van der Waals surface area contributed by atoms with Crippen LogP contribution >= 0.6 is 0 Å². The predicted molar refractivity (Wildman–Crippen MR) is 287 cm³/mol. The van der Waals surface area contributed by atoms with E-state index in [0.717, 1.165) is 82.9 Å². The lowest BCUT2D eigenvalue weighted by Gasteiger charge is -2.21. The molecular weight excluding hydrogens is 849 g/mol. The van der Waals surface area contributed by atoms with Gasteiger partial charge in [-0.3, -0.25) is 9.59 Å². The van der Waals surface area contributed by atoms with Crippen LogP contribution in [0.3, 0.4) is 0 Å². The zero-order valence-corrected chi connectivity index (χ0v) is 40.0. The maximum absolute atomic E-state index is 13.7. The van der Waals surface area contributed by atoms with Crippen molar-refractivity contribution < 1.29 is 19.1 Å². The summed E-state index contributed by atoms with van der Waals surface area (Å²) < 4.78 is 12.2. The fourth-order valence-electron chi connectivity index (χ4n) is 9.99. The molecule has 0 fully saturated rings. The van der Waals surface area contributed by atoms with E-state index < -0.39 is 0 Å². The van der Waals surface area contributed by atoms with Crippen molar-refractivity contribution in [2.24, 2.45) is 0 Å². The summed E-state index contributed by atoms with van der Waals surface area (Å²) in [6.07, 6.45) is 0. The highest BCUT2D eigenvalue weighted by molar-refractivity contribution is 6.11. The Morgan fingerprint density at radius 3 is 1.17 bits per heavy atom. The summed E-state index contributed by atoms with van der Waals surface area (Å²) in [6, 6.07) is 57.6. The third-order valence-electron chi connectivity index (χ3n) is 13.6. The lowest BCUT2D eigenvalue weighted by atomic mass is 9.83. The van der Waals surface area contributed by atoms with E-state index in [0.29, 0.717) is 22.6 Å². The minimum absolute atomic E-state index is 0. The van der Waals surface area contributed by atoms with Crippen LogP contribution in [-0.4, -0.2) is 26.0 Å². The number of fused-ring (bicyclic) bond motifs is 2. The highest BCUT2D eigenvalue weighted by atomic mass is 16.5. The van der Waals surface area contributed by atoms with Crippen LogP contribution in [0.5, 0.6) is 11.5 Å². The van der Waals surface area contributed by atoms with Crippen molar-refractivity contribution >= 4 is 33.4 Å². The van der Waals surface area contributed by atoms with E-state index in [1.165, 1.54) is 16.5 Å². The molecule has 0 bridgehead atoms. The average Bonchev–Trinajstić information content (AvgIpc) is 3.36. The largest absolute Gasteiger partial charge is 0.496 e. The van der Waals surface area contributed by atoms with Gasteiger partial charge in [-0.25, -0.2) is 0 Å². The quantitative estimate of drug-likeness (QED) is 0.128. The number of hydrogen-bond donors (Lipinski definition) is 2. The molecule has 9 rings (SSSR count). The topological polar surface area (TPSA) is 76.7 Å². The number of benzene rings is 9. The van der Waals surface area contributed by atoms with E-state index in [-0.39, 0.29) is 31.3 Å². The lowest BCUT2D eigenvalue weighted by molar-refractivity contribution is 0.0931. The first-order valence-electron chi connectivity index (χ1n) is 23.2. The first-order chi connectivity index (χ1) is 33.0. The minimum atomic E-state index is -0.218. The summed E-state index contributed by atoms with van der Waals surface area (Å²) in [4.78, 5) is 27.3. The molecule has 9 aromatic carbocycles. The number of hydrogen-bond acceptors (Lipinski definition) is 4. The van der Waals surface area contributed by atoms with Gasteiger partial charge in [0.05, 0.1) is 31.9 Å². The Labute approximate surface area is 407 Å². The number of amides is 2. The second-order valence-electron chi connectivity index (χ2n) is 17.8. The van der Waals surface area contributed by atoms with Gasteiger partial charge < -0.3 is 20.1 Å². The molecule has 6 nitrogen and oxygen atoms in total. The van der Waals surface area contributed by atoms with Crippen molar-refractivity contribution in [2.45, 2.75) is 61.1 Å². The number of carbonyl (C=O) groups is 2. The summed E-state index contributed by atoms with van der Waals surface area (Å²) in [5.41, 5.74) is 16.1. The standard InChI is InChI=1S/C62H56N2O4.CH4/c1-37-33-47(61(65)63-41(5)43-19-11-9-12-20-43)34-38(2)57(37)53-29-17-25-45-23-15-27-51(58(45)53)49-31-32-50(40(4)39(49)3)52-28-16-24-46-26-18-30-54(59(46)52)60-55(67-7)35-48(36-56(60)68-8)62(66)64-42(6)44-21-13-10-14-22-44;/h9-36,41-42H,1-8H3,(H,63,65)(H,64,66);1H4. The minimum Gasteiger partial charge on any atom is -0.496 e. The second kappa shape index (κ2) is 20.1. The van der Waals surface area contributed by atoms with Crippen molar-refractivity contribution in [1.82, 2.24) is 10.6 Å². The molecule has 0 saturated carbocycles. The molecule has 9 aromatic rings. The van der Waals surface area contributed by atoms with Gasteiger partial charge in [-0.05, 0) is 160 Å². The summed E-state index contributed by atoms with van der Waals surface area (Å²) in [6.45, 7) is 12.6. The third-order valence-corrected chi connectivity index (χ3v) is 13.6. The number of nitrogens with one attached hydrogen (secondary N) is 2. The van der Waals surface area contributed by atoms with Crippen LogP contribution < -0.4 is 20.1 Å². The molecule has 2 unspecified atom stereocenters. The second-order valence-corrected chi connectivity index (χ2v) is 17.8. The fraction of sp³-hybridized carbons (Fsp3) is 0.175. The molecule has 69 heavy (non-hydrogen) atoms.